The minimum absolute atomic E-state index is 0.0399. The van der Waals surface area contributed by atoms with Gasteiger partial charge in [-0.1, -0.05) is 6.07 Å². The van der Waals surface area contributed by atoms with Crippen LogP contribution in [0.5, 0.6) is 0 Å². The van der Waals surface area contributed by atoms with E-state index in [4.69, 9.17) is 0 Å². The molecule has 1 aromatic heterocycles. The number of rotatable bonds is 2. The van der Waals surface area contributed by atoms with Crippen molar-refractivity contribution >= 4 is 40.8 Å². The number of nitrogens with zero attached hydrogens (tertiary/aromatic N) is 3. The SMILES string of the molecule is O=C(c1cccs1)N1C[C@@H]2C[C@H](C1)[C@H](C(=O)N1CCSCC1)N1C(=O)CCC[C@@H]21. The quantitative estimate of drug-likeness (QED) is 0.717. The number of piperidine rings is 3. The summed E-state index contributed by atoms with van der Waals surface area (Å²) in [6.07, 6.45) is 3.33. The van der Waals surface area contributed by atoms with Gasteiger partial charge in [0.15, 0.2) is 0 Å². The van der Waals surface area contributed by atoms with Crippen molar-refractivity contribution < 1.29 is 14.4 Å². The lowest BCUT2D eigenvalue weighted by molar-refractivity contribution is -0.164. The molecule has 0 aliphatic carbocycles. The lowest BCUT2D eigenvalue weighted by Gasteiger charge is -2.56. The standard InChI is InChI=1S/C21H27N3O3S2/c25-18-5-1-3-16-14-11-15(13-23(12-14)20(26)17-4-2-8-29-17)19(24(16)18)21(27)22-6-9-28-10-7-22/h2,4,8,14-16,19H,1,3,5-7,9-13H2/t14-,15+,16-,19+/m0/s1. The molecule has 156 valence electrons. The Hall–Kier alpha value is -1.54. The summed E-state index contributed by atoms with van der Waals surface area (Å²) in [5.74, 6) is 2.57. The van der Waals surface area contributed by atoms with E-state index in [2.05, 4.69) is 0 Å². The molecule has 1 aromatic rings. The van der Waals surface area contributed by atoms with Gasteiger partial charge in [0, 0.05) is 56.1 Å². The van der Waals surface area contributed by atoms with Gasteiger partial charge in [0.2, 0.25) is 11.8 Å². The predicted octanol–water partition coefficient (Wildman–Crippen LogP) is 2.17. The Morgan fingerprint density at radius 3 is 2.62 bits per heavy atom. The van der Waals surface area contributed by atoms with Crippen molar-refractivity contribution in [3.8, 4) is 0 Å². The van der Waals surface area contributed by atoms with Crippen LogP contribution in [-0.2, 0) is 9.59 Å². The third-order valence-corrected chi connectivity index (χ3v) is 8.74. The number of amides is 3. The molecule has 4 aliphatic rings. The third-order valence-electron chi connectivity index (χ3n) is 6.94. The molecule has 0 unspecified atom stereocenters. The monoisotopic (exact) mass is 433 g/mol. The molecule has 4 saturated heterocycles. The Morgan fingerprint density at radius 2 is 1.86 bits per heavy atom. The van der Waals surface area contributed by atoms with Gasteiger partial charge in [-0.15, -0.1) is 11.3 Å². The van der Waals surface area contributed by atoms with Crippen LogP contribution in [-0.4, -0.2) is 82.2 Å². The first kappa shape index (κ1) is 19.4. The maximum Gasteiger partial charge on any atom is 0.263 e. The van der Waals surface area contributed by atoms with Crippen molar-refractivity contribution in [2.75, 3.05) is 37.7 Å². The van der Waals surface area contributed by atoms with Crippen molar-refractivity contribution in [3.05, 3.63) is 22.4 Å². The topological polar surface area (TPSA) is 60.9 Å². The minimum Gasteiger partial charge on any atom is -0.339 e. The number of thioether (sulfide) groups is 1. The third kappa shape index (κ3) is 3.48. The second kappa shape index (κ2) is 7.95. The van der Waals surface area contributed by atoms with Crippen molar-refractivity contribution in [2.45, 2.75) is 37.8 Å². The average Bonchev–Trinajstić information content (AvgIpc) is 3.29. The number of fused-ring (bicyclic) bond motifs is 4. The molecule has 4 fully saturated rings. The molecule has 8 heteroatoms. The number of likely N-dealkylation sites (tertiary alicyclic amines) is 1. The zero-order chi connectivity index (χ0) is 20.0. The van der Waals surface area contributed by atoms with Crippen molar-refractivity contribution in [2.24, 2.45) is 11.8 Å². The smallest absolute Gasteiger partial charge is 0.263 e. The minimum atomic E-state index is -0.397. The largest absolute Gasteiger partial charge is 0.339 e. The van der Waals surface area contributed by atoms with Gasteiger partial charge in [0.05, 0.1) is 4.88 Å². The van der Waals surface area contributed by atoms with E-state index < -0.39 is 6.04 Å². The predicted molar refractivity (Wildman–Crippen MR) is 114 cm³/mol. The molecule has 29 heavy (non-hydrogen) atoms. The number of hydrogen-bond acceptors (Lipinski definition) is 5. The molecule has 5 heterocycles. The van der Waals surface area contributed by atoms with Gasteiger partial charge >= 0.3 is 0 Å². The van der Waals surface area contributed by atoms with E-state index in [1.165, 1.54) is 11.3 Å². The molecule has 5 rings (SSSR count). The Kier molecular flexibility index (Phi) is 5.32. The van der Waals surface area contributed by atoms with Gasteiger partial charge in [-0.05, 0) is 36.6 Å². The summed E-state index contributed by atoms with van der Waals surface area (Å²) in [6.45, 7) is 2.80. The second-order valence-electron chi connectivity index (χ2n) is 8.59. The van der Waals surface area contributed by atoms with Crippen LogP contribution in [0.1, 0.15) is 35.4 Å². The fraction of sp³-hybridized carbons (Fsp3) is 0.667. The highest BCUT2D eigenvalue weighted by molar-refractivity contribution is 7.99. The van der Waals surface area contributed by atoms with Crippen LogP contribution in [0, 0.1) is 11.8 Å². The molecule has 0 saturated carbocycles. The van der Waals surface area contributed by atoms with Gasteiger partial charge < -0.3 is 14.7 Å². The lowest BCUT2D eigenvalue weighted by atomic mass is 9.71. The maximum atomic E-state index is 13.6. The number of carbonyl (C=O) groups is 3. The molecule has 0 spiro atoms. The van der Waals surface area contributed by atoms with Crippen LogP contribution in [0.25, 0.3) is 0 Å². The first-order chi connectivity index (χ1) is 14.1. The summed E-state index contributed by atoms with van der Waals surface area (Å²) in [7, 11) is 0. The summed E-state index contributed by atoms with van der Waals surface area (Å²) >= 11 is 3.35. The van der Waals surface area contributed by atoms with Gasteiger partial charge in [-0.3, -0.25) is 14.4 Å². The zero-order valence-electron chi connectivity index (χ0n) is 16.5. The molecular formula is C21H27N3O3S2. The normalized spacial score (nSPS) is 32.1. The molecule has 2 bridgehead atoms. The Labute approximate surface area is 179 Å². The number of thiophene rings is 1. The molecule has 6 nitrogen and oxygen atoms in total. The highest BCUT2D eigenvalue weighted by Crippen LogP contribution is 2.42. The Morgan fingerprint density at radius 1 is 1.07 bits per heavy atom. The van der Waals surface area contributed by atoms with E-state index in [-0.39, 0.29) is 35.6 Å². The van der Waals surface area contributed by atoms with Crippen molar-refractivity contribution in [1.29, 1.82) is 0 Å². The summed E-state index contributed by atoms with van der Waals surface area (Å²) < 4.78 is 0. The Balaban J connectivity index is 1.44. The highest BCUT2D eigenvalue weighted by atomic mass is 32.2. The fourth-order valence-corrected chi connectivity index (χ4v) is 7.26. The fourth-order valence-electron chi connectivity index (χ4n) is 5.67. The Bertz CT molecular complexity index is 793. The lowest BCUT2D eigenvalue weighted by Crippen LogP contribution is -2.69. The van der Waals surface area contributed by atoms with Gasteiger partial charge in [0.1, 0.15) is 6.04 Å². The molecular weight excluding hydrogens is 406 g/mol. The highest BCUT2D eigenvalue weighted by Gasteiger charge is 2.53. The van der Waals surface area contributed by atoms with Crippen LogP contribution in [0.4, 0.5) is 0 Å². The molecule has 4 atom stereocenters. The van der Waals surface area contributed by atoms with E-state index in [9.17, 15) is 14.4 Å². The molecule has 4 aliphatic heterocycles. The number of hydrogen-bond donors (Lipinski definition) is 0. The van der Waals surface area contributed by atoms with Crippen molar-refractivity contribution in [1.82, 2.24) is 14.7 Å². The first-order valence-electron chi connectivity index (χ1n) is 10.6. The van der Waals surface area contributed by atoms with Gasteiger partial charge in [-0.25, -0.2) is 0 Å². The van der Waals surface area contributed by atoms with Crippen LogP contribution in [0.3, 0.4) is 0 Å². The zero-order valence-corrected chi connectivity index (χ0v) is 18.1. The van der Waals surface area contributed by atoms with Gasteiger partial charge in [0.25, 0.3) is 5.91 Å². The van der Waals surface area contributed by atoms with Crippen LogP contribution in [0.15, 0.2) is 17.5 Å². The van der Waals surface area contributed by atoms with Crippen molar-refractivity contribution in [3.63, 3.8) is 0 Å². The van der Waals surface area contributed by atoms with E-state index in [0.717, 1.165) is 48.7 Å². The van der Waals surface area contributed by atoms with Gasteiger partial charge in [-0.2, -0.15) is 11.8 Å². The first-order valence-corrected chi connectivity index (χ1v) is 12.7. The molecule has 0 radical (unpaired) electrons. The molecule has 0 aromatic carbocycles. The van der Waals surface area contributed by atoms with E-state index in [1.807, 2.05) is 44.0 Å². The number of carbonyl (C=O) groups excluding carboxylic acids is 3. The average molecular weight is 434 g/mol. The van der Waals surface area contributed by atoms with Crippen LogP contribution in [0.2, 0.25) is 0 Å². The molecule has 0 N–H and O–H groups in total. The van der Waals surface area contributed by atoms with E-state index in [1.54, 1.807) is 0 Å². The molecule has 3 amide bonds. The summed E-state index contributed by atoms with van der Waals surface area (Å²) in [5.41, 5.74) is 0. The summed E-state index contributed by atoms with van der Waals surface area (Å²) in [5, 5.41) is 1.93. The van der Waals surface area contributed by atoms with E-state index in [0.29, 0.717) is 19.5 Å². The van der Waals surface area contributed by atoms with Crippen LogP contribution >= 0.6 is 23.1 Å². The van der Waals surface area contributed by atoms with Crippen LogP contribution < -0.4 is 0 Å². The summed E-state index contributed by atoms with van der Waals surface area (Å²) in [4.78, 5) is 46.2. The maximum absolute atomic E-state index is 13.6. The second-order valence-corrected chi connectivity index (χ2v) is 10.8. The van der Waals surface area contributed by atoms with E-state index >= 15 is 0 Å². The summed E-state index contributed by atoms with van der Waals surface area (Å²) in [6, 6.07) is 3.48.